The quantitative estimate of drug-likeness (QED) is 0.611. The third-order valence-corrected chi connectivity index (χ3v) is 4.20. The summed E-state index contributed by atoms with van der Waals surface area (Å²) < 4.78 is 8.87. The Labute approximate surface area is 149 Å². The fraction of sp³-hybridized carbons (Fsp3) is 0.222. The molecule has 132 valence electrons. The molecular weight excluding hydrogens is 332 g/mol. The first kappa shape index (κ1) is 16.1. The number of nitrogens with one attached hydrogen (secondary N) is 1. The Balaban J connectivity index is 1.82. The van der Waals surface area contributed by atoms with E-state index in [0.29, 0.717) is 28.4 Å². The van der Waals surface area contributed by atoms with Gasteiger partial charge in [-0.3, -0.25) is 14.2 Å². The Morgan fingerprint density at radius 2 is 2.23 bits per heavy atom. The summed E-state index contributed by atoms with van der Waals surface area (Å²) in [5.41, 5.74) is 3.10. The highest BCUT2D eigenvalue weighted by molar-refractivity contribution is 6.13. The Bertz CT molecular complexity index is 1090. The predicted octanol–water partition coefficient (Wildman–Crippen LogP) is 3.01. The minimum atomic E-state index is -0.239. The second kappa shape index (κ2) is 6.14. The van der Waals surface area contributed by atoms with Crippen molar-refractivity contribution in [1.29, 1.82) is 0 Å². The molecule has 0 radical (unpaired) electrons. The molecule has 0 unspecified atom stereocenters. The van der Waals surface area contributed by atoms with Crippen molar-refractivity contribution in [3.05, 3.63) is 48.1 Å². The third-order valence-electron chi connectivity index (χ3n) is 4.20. The molecular formula is C18H18N6O2. The van der Waals surface area contributed by atoms with E-state index in [1.165, 1.54) is 0 Å². The van der Waals surface area contributed by atoms with Crippen LogP contribution in [-0.2, 0) is 13.6 Å². The van der Waals surface area contributed by atoms with E-state index in [1.54, 1.807) is 47.2 Å². The fourth-order valence-corrected chi connectivity index (χ4v) is 2.97. The van der Waals surface area contributed by atoms with Crippen LogP contribution in [0.1, 0.15) is 23.0 Å². The molecule has 0 spiro atoms. The zero-order valence-corrected chi connectivity index (χ0v) is 14.7. The molecule has 0 fully saturated rings. The number of pyridine rings is 1. The van der Waals surface area contributed by atoms with Gasteiger partial charge in [0, 0.05) is 19.8 Å². The van der Waals surface area contributed by atoms with Crippen molar-refractivity contribution in [3.63, 3.8) is 0 Å². The van der Waals surface area contributed by atoms with Gasteiger partial charge in [-0.15, -0.1) is 0 Å². The van der Waals surface area contributed by atoms with E-state index in [4.69, 9.17) is 4.42 Å². The van der Waals surface area contributed by atoms with Crippen molar-refractivity contribution in [3.8, 4) is 11.5 Å². The molecule has 26 heavy (non-hydrogen) atoms. The maximum absolute atomic E-state index is 13.0. The Hall–Kier alpha value is -3.42. The van der Waals surface area contributed by atoms with Crippen LogP contribution in [0.3, 0.4) is 0 Å². The van der Waals surface area contributed by atoms with Gasteiger partial charge in [0.1, 0.15) is 5.69 Å². The topological polar surface area (TPSA) is 90.8 Å². The molecule has 4 rings (SSSR count). The molecule has 8 nitrogen and oxygen atoms in total. The van der Waals surface area contributed by atoms with Crippen molar-refractivity contribution in [2.24, 2.45) is 7.05 Å². The van der Waals surface area contributed by atoms with Crippen molar-refractivity contribution in [1.82, 2.24) is 24.5 Å². The van der Waals surface area contributed by atoms with Crippen molar-refractivity contribution in [2.75, 3.05) is 5.32 Å². The van der Waals surface area contributed by atoms with E-state index in [9.17, 15) is 4.79 Å². The molecule has 0 aliphatic carbocycles. The zero-order chi connectivity index (χ0) is 18.3. The normalized spacial score (nSPS) is 11.2. The van der Waals surface area contributed by atoms with E-state index < -0.39 is 0 Å². The van der Waals surface area contributed by atoms with E-state index in [0.717, 1.165) is 17.6 Å². The van der Waals surface area contributed by atoms with Crippen molar-refractivity contribution >= 4 is 22.6 Å². The smallest absolute Gasteiger partial charge is 0.256 e. The van der Waals surface area contributed by atoms with E-state index in [1.807, 2.05) is 19.9 Å². The molecule has 0 saturated carbocycles. The van der Waals surface area contributed by atoms with Gasteiger partial charge < -0.3 is 9.73 Å². The third kappa shape index (κ3) is 2.65. The summed E-state index contributed by atoms with van der Waals surface area (Å²) in [6.07, 6.45) is 5.00. The van der Waals surface area contributed by atoms with Gasteiger partial charge >= 0.3 is 0 Å². The molecule has 0 atom stereocenters. The second-order valence-electron chi connectivity index (χ2n) is 5.98. The van der Waals surface area contributed by atoms with Gasteiger partial charge in [-0.25, -0.2) is 4.98 Å². The van der Waals surface area contributed by atoms with Gasteiger partial charge in [0.25, 0.3) is 5.91 Å². The first-order valence-electron chi connectivity index (χ1n) is 8.29. The molecule has 0 aliphatic rings. The highest BCUT2D eigenvalue weighted by Crippen LogP contribution is 2.27. The first-order valence-corrected chi connectivity index (χ1v) is 8.29. The number of amides is 1. The molecule has 4 heterocycles. The number of furan rings is 1. The number of hydrogen-bond donors (Lipinski definition) is 1. The molecule has 4 aromatic heterocycles. The van der Waals surface area contributed by atoms with Crippen LogP contribution in [0.15, 0.2) is 41.3 Å². The van der Waals surface area contributed by atoms with Crippen molar-refractivity contribution in [2.45, 2.75) is 20.4 Å². The summed E-state index contributed by atoms with van der Waals surface area (Å²) in [6, 6.07) is 5.33. The van der Waals surface area contributed by atoms with Gasteiger partial charge in [0.2, 0.25) is 0 Å². The van der Waals surface area contributed by atoms with Crippen LogP contribution in [0.5, 0.6) is 0 Å². The van der Waals surface area contributed by atoms with Crippen LogP contribution in [-0.4, -0.2) is 30.5 Å². The fourth-order valence-electron chi connectivity index (χ4n) is 2.97. The van der Waals surface area contributed by atoms with Crippen LogP contribution in [0, 0.1) is 6.92 Å². The molecule has 4 aromatic rings. The Morgan fingerprint density at radius 3 is 2.92 bits per heavy atom. The number of fused-ring (bicyclic) bond motifs is 1. The maximum Gasteiger partial charge on any atom is 0.256 e. The number of carbonyl (C=O) groups excluding carboxylic acids is 1. The minimum Gasteiger partial charge on any atom is -0.463 e. The lowest BCUT2D eigenvalue weighted by Crippen LogP contribution is -2.13. The molecule has 0 aliphatic heterocycles. The van der Waals surface area contributed by atoms with Gasteiger partial charge in [0.15, 0.2) is 11.4 Å². The molecule has 0 aromatic carbocycles. The number of aromatic nitrogens is 5. The summed E-state index contributed by atoms with van der Waals surface area (Å²) >= 11 is 0. The Kier molecular flexibility index (Phi) is 3.80. The highest BCUT2D eigenvalue weighted by Gasteiger charge is 2.20. The first-order chi connectivity index (χ1) is 12.6. The van der Waals surface area contributed by atoms with Gasteiger partial charge in [0.05, 0.1) is 34.8 Å². The number of anilines is 1. The average molecular weight is 350 g/mol. The van der Waals surface area contributed by atoms with Gasteiger partial charge in [-0.2, -0.15) is 10.2 Å². The lowest BCUT2D eigenvalue weighted by atomic mass is 10.1. The van der Waals surface area contributed by atoms with E-state index in [2.05, 4.69) is 20.5 Å². The lowest BCUT2D eigenvalue weighted by molar-refractivity contribution is 0.102. The zero-order valence-electron chi connectivity index (χ0n) is 14.7. The molecule has 1 N–H and O–H groups in total. The number of rotatable bonds is 4. The number of carbonyl (C=O) groups is 1. The summed E-state index contributed by atoms with van der Waals surface area (Å²) in [7, 11) is 1.81. The summed E-state index contributed by atoms with van der Waals surface area (Å²) in [5.74, 6) is 0.357. The lowest BCUT2D eigenvalue weighted by Gasteiger charge is -2.07. The SMILES string of the molecule is CCn1cc(NC(=O)c2cc(-c3ccco3)nc3c2c(C)nn3C)cn1. The molecule has 8 heteroatoms. The molecule has 1 amide bonds. The Morgan fingerprint density at radius 1 is 1.38 bits per heavy atom. The van der Waals surface area contributed by atoms with Gasteiger partial charge in [-0.1, -0.05) is 0 Å². The average Bonchev–Trinajstić information content (AvgIpc) is 3.36. The largest absolute Gasteiger partial charge is 0.463 e. The standard InChI is InChI=1S/C18H18N6O2/c1-4-24-10-12(9-19-24)20-18(25)13-8-14(15-6-5-7-26-15)21-17-16(13)11(2)22-23(17)3/h5-10H,4H2,1-3H3,(H,20,25). The predicted molar refractivity (Wildman–Crippen MR) is 96.8 cm³/mol. The highest BCUT2D eigenvalue weighted by atomic mass is 16.3. The summed E-state index contributed by atoms with van der Waals surface area (Å²) in [6.45, 7) is 4.59. The molecule has 0 bridgehead atoms. The number of hydrogen-bond acceptors (Lipinski definition) is 5. The number of nitrogens with zero attached hydrogens (tertiary/aromatic N) is 5. The van der Waals surface area contributed by atoms with Crippen LogP contribution >= 0.6 is 0 Å². The summed E-state index contributed by atoms with van der Waals surface area (Å²) in [4.78, 5) is 17.6. The van der Waals surface area contributed by atoms with E-state index >= 15 is 0 Å². The van der Waals surface area contributed by atoms with Crippen molar-refractivity contribution < 1.29 is 9.21 Å². The second-order valence-corrected chi connectivity index (χ2v) is 5.98. The van der Waals surface area contributed by atoms with Crippen LogP contribution in [0.4, 0.5) is 5.69 Å². The van der Waals surface area contributed by atoms with Crippen LogP contribution in [0.2, 0.25) is 0 Å². The van der Waals surface area contributed by atoms with E-state index in [-0.39, 0.29) is 5.91 Å². The minimum absolute atomic E-state index is 0.239. The monoisotopic (exact) mass is 350 g/mol. The summed E-state index contributed by atoms with van der Waals surface area (Å²) in [5, 5.41) is 12.2. The maximum atomic E-state index is 13.0. The van der Waals surface area contributed by atoms with Gasteiger partial charge in [-0.05, 0) is 32.0 Å². The van der Waals surface area contributed by atoms with Crippen LogP contribution in [0.25, 0.3) is 22.5 Å². The molecule has 0 saturated heterocycles. The number of aryl methyl sites for hydroxylation is 3. The van der Waals surface area contributed by atoms with Crippen LogP contribution < -0.4 is 5.32 Å².